The average Bonchev–Trinajstić information content (AvgIpc) is 3.07. The van der Waals surface area contributed by atoms with E-state index >= 15 is 0 Å². The molecule has 2 fully saturated rings. The lowest BCUT2D eigenvalue weighted by atomic mass is 10.0. The van der Waals surface area contributed by atoms with E-state index in [2.05, 4.69) is 37.6 Å². The van der Waals surface area contributed by atoms with Gasteiger partial charge in [0.2, 0.25) is 0 Å². The van der Waals surface area contributed by atoms with Crippen molar-refractivity contribution in [3.63, 3.8) is 0 Å². The smallest absolute Gasteiger partial charge is 0.253 e. The minimum Gasteiger partial charge on any atom is -0.356 e. The van der Waals surface area contributed by atoms with E-state index in [1.807, 2.05) is 66.9 Å². The van der Waals surface area contributed by atoms with Crippen molar-refractivity contribution >= 4 is 29.2 Å². The number of benzene rings is 2. The van der Waals surface area contributed by atoms with Crippen LogP contribution in [0, 0.1) is 0 Å². The van der Waals surface area contributed by atoms with Crippen molar-refractivity contribution in [1.82, 2.24) is 25.5 Å². The highest BCUT2D eigenvalue weighted by molar-refractivity contribution is 6.36. The number of nitrogens with zero attached hydrogens (tertiary/aromatic N) is 4. The highest BCUT2D eigenvalue weighted by Crippen LogP contribution is 2.29. The molecule has 9 heteroatoms. The molecule has 2 aromatic heterocycles. The summed E-state index contributed by atoms with van der Waals surface area (Å²) in [6.45, 7) is 4.36. The molecule has 0 aliphatic carbocycles. The highest BCUT2D eigenvalue weighted by Gasteiger charge is 2.24. The molecule has 2 N–H and O–H groups in total. The molecule has 4 aromatic rings. The lowest BCUT2D eigenvalue weighted by molar-refractivity contribution is 0.0906. The van der Waals surface area contributed by atoms with Crippen molar-refractivity contribution in [3.8, 4) is 11.3 Å². The topological polar surface area (TPSA) is 90.5 Å². The Bertz CT molecular complexity index is 1550. The van der Waals surface area contributed by atoms with E-state index in [1.54, 1.807) is 12.3 Å². The van der Waals surface area contributed by atoms with Gasteiger partial charge in [-0.25, -0.2) is 4.98 Å². The van der Waals surface area contributed by atoms with Crippen LogP contribution in [0.25, 0.3) is 11.3 Å². The van der Waals surface area contributed by atoms with Crippen molar-refractivity contribution in [2.45, 2.75) is 44.3 Å². The molecule has 4 heterocycles. The van der Waals surface area contributed by atoms with Crippen LogP contribution in [-0.4, -0.2) is 64.9 Å². The number of hydrogen-bond donors (Lipinski definition) is 2. The molecule has 6 rings (SSSR count). The van der Waals surface area contributed by atoms with Gasteiger partial charge in [-0.05, 0) is 67.6 Å². The summed E-state index contributed by atoms with van der Waals surface area (Å²) >= 11 is 6.64. The summed E-state index contributed by atoms with van der Waals surface area (Å²) in [5.74, 6) is 0.830. The molecule has 2 aliphatic rings. The number of halogens is 1. The second-order valence-electron chi connectivity index (χ2n) is 11.5. The van der Waals surface area contributed by atoms with Gasteiger partial charge in [0.25, 0.3) is 11.8 Å². The van der Waals surface area contributed by atoms with Gasteiger partial charge in [0.15, 0.2) is 0 Å². The number of carbonyl (C=O) groups excluding carboxylic acids is 2. The van der Waals surface area contributed by atoms with E-state index in [0.29, 0.717) is 16.1 Å². The molecule has 44 heavy (non-hydrogen) atoms. The van der Waals surface area contributed by atoms with Crippen LogP contribution in [0.4, 0.5) is 5.82 Å². The number of aromatic nitrogens is 2. The van der Waals surface area contributed by atoms with Gasteiger partial charge in [0, 0.05) is 68.3 Å². The first-order valence-electron chi connectivity index (χ1n) is 15.3. The summed E-state index contributed by atoms with van der Waals surface area (Å²) in [4.78, 5) is 39.5. The van der Waals surface area contributed by atoms with Crippen LogP contribution in [0.3, 0.4) is 0 Å². The Morgan fingerprint density at radius 2 is 1.45 bits per heavy atom. The number of carbonyl (C=O) groups is 2. The molecule has 2 aliphatic heterocycles. The van der Waals surface area contributed by atoms with Crippen LogP contribution in [0.15, 0.2) is 91.3 Å². The summed E-state index contributed by atoms with van der Waals surface area (Å²) in [5, 5.41) is 6.79. The number of amides is 2. The zero-order valence-electron chi connectivity index (χ0n) is 24.7. The van der Waals surface area contributed by atoms with E-state index in [-0.39, 0.29) is 23.9 Å². The maximum Gasteiger partial charge on any atom is 0.253 e. The van der Waals surface area contributed by atoms with Gasteiger partial charge in [-0.15, -0.1) is 0 Å². The number of nitrogens with one attached hydrogen (secondary N) is 2. The third-order valence-electron chi connectivity index (χ3n) is 8.51. The quantitative estimate of drug-likeness (QED) is 0.271. The number of pyridine rings is 2. The molecule has 2 amide bonds. The van der Waals surface area contributed by atoms with Crippen molar-refractivity contribution in [1.29, 1.82) is 0 Å². The SMILES string of the molecule is O=C(NC1CCN(c2ccc(CN3CCC(NC(=O)c4cccc(-c5ccccn5)c4Cl)CC3)cn2)CC1)c1ccccc1. The largest absolute Gasteiger partial charge is 0.356 e. The maximum atomic E-state index is 13.1. The van der Waals surface area contributed by atoms with Gasteiger partial charge in [0.1, 0.15) is 5.82 Å². The summed E-state index contributed by atoms with van der Waals surface area (Å²) in [7, 11) is 0. The molecule has 0 atom stereocenters. The molecule has 0 saturated carbocycles. The summed E-state index contributed by atoms with van der Waals surface area (Å²) in [6.07, 6.45) is 7.25. The van der Waals surface area contributed by atoms with Crippen LogP contribution in [0.2, 0.25) is 5.02 Å². The van der Waals surface area contributed by atoms with Crippen LogP contribution >= 0.6 is 11.6 Å². The first-order valence-corrected chi connectivity index (χ1v) is 15.7. The van der Waals surface area contributed by atoms with Crippen LogP contribution < -0.4 is 15.5 Å². The highest BCUT2D eigenvalue weighted by atomic mass is 35.5. The Balaban J connectivity index is 0.946. The Labute approximate surface area is 263 Å². The van der Waals surface area contributed by atoms with Gasteiger partial charge in [0.05, 0.1) is 16.3 Å². The molecule has 0 unspecified atom stereocenters. The summed E-state index contributed by atoms with van der Waals surface area (Å²) in [6, 6.07) is 25.1. The number of piperidine rings is 2. The van der Waals surface area contributed by atoms with E-state index in [9.17, 15) is 9.59 Å². The first-order chi connectivity index (χ1) is 21.5. The fourth-order valence-corrected chi connectivity index (χ4v) is 6.30. The van der Waals surface area contributed by atoms with Crippen LogP contribution in [0.5, 0.6) is 0 Å². The minimum absolute atomic E-state index is 0.00581. The monoisotopic (exact) mass is 608 g/mol. The summed E-state index contributed by atoms with van der Waals surface area (Å²) < 4.78 is 0. The zero-order chi connectivity index (χ0) is 30.3. The van der Waals surface area contributed by atoms with Crippen molar-refractivity contribution in [2.24, 2.45) is 0 Å². The average molecular weight is 609 g/mol. The molecule has 0 radical (unpaired) electrons. The maximum absolute atomic E-state index is 13.1. The van der Waals surface area contributed by atoms with E-state index in [1.165, 1.54) is 5.56 Å². The van der Waals surface area contributed by atoms with Crippen LogP contribution in [0.1, 0.15) is 52.0 Å². The van der Waals surface area contributed by atoms with Gasteiger partial charge < -0.3 is 15.5 Å². The molecule has 0 spiro atoms. The third kappa shape index (κ3) is 7.26. The molecule has 2 saturated heterocycles. The van der Waals surface area contributed by atoms with Crippen molar-refractivity contribution in [3.05, 3.63) is 113 Å². The van der Waals surface area contributed by atoms with E-state index < -0.39 is 0 Å². The number of anilines is 1. The molecule has 2 aromatic carbocycles. The van der Waals surface area contributed by atoms with Gasteiger partial charge in [-0.2, -0.15) is 0 Å². The Morgan fingerprint density at radius 1 is 0.750 bits per heavy atom. The molecular weight excluding hydrogens is 572 g/mol. The fraction of sp³-hybridized carbons (Fsp3) is 0.314. The minimum atomic E-state index is -0.145. The zero-order valence-corrected chi connectivity index (χ0v) is 25.4. The molecular formula is C35H37ClN6O2. The van der Waals surface area contributed by atoms with E-state index in [0.717, 1.165) is 75.5 Å². The number of rotatable bonds is 8. The second-order valence-corrected chi connectivity index (χ2v) is 11.9. The predicted molar refractivity (Wildman–Crippen MR) is 174 cm³/mol. The summed E-state index contributed by atoms with van der Waals surface area (Å²) in [5.41, 5.74) is 3.86. The molecule has 8 nitrogen and oxygen atoms in total. The third-order valence-corrected chi connectivity index (χ3v) is 8.92. The number of likely N-dealkylation sites (tertiary alicyclic amines) is 1. The van der Waals surface area contributed by atoms with Gasteiger partial charge in [-0.1, -0.05) is 54.1 Å². The van der Waals surface area contributed by atoms with Gasteiger partial charge in [-0.3, -0.25) is 19.5 Å². The fourth-order valence-electron chi connectivity index (χ4n) is 5.99. The molecule has 0 bridgehead atoms. The van der Waals surface area contributed by atoms with E-state index in [4.69, 9.17) is 16.6 Å². The Morgan fingerprint density at radius 3 is 2.14 bits per heavy atom. The Hall–Kier alpha value is -4.27. The normalized spacial score (nSPS) is 16.4. The van der Waals surface area contributed by atoms with Crippen molar-refractivity contribution in [2.75, 3.05) is 31.1 Å². The first kappa shape index (κ1) is 29.8. The lowest BCUT2D eigenvalue weighted by Gasteiger charge is -2.34. The second kappa shape index (κ2) is 14.0. The molecule has 226 valence electrons. The van der Waals surface area contributed by atoms with Crippen molar-refractivity contribution < 1.29 is 9.59 Å². The predicted octanol–water partition coefficient (Wildman–Crippen LogP) is 5.59. The standard InChI is InChI=1S/C35H37ClN6O2/c36-33-29(31-11-4-5-18-37-31)9-6-10-30(33)35(44)40-27-14-19-41(20-15-27)24-25-12-13-32(38-23-25)42-21-16-28(17-22-42)39-34(43)26-7-2-1-3-8-26/h1-13,18,23,27-28H,14-17,19-22,24H2,(H,39,43)(H,40,44). The number of hydrogen-bond acceptors (Lipinski definition) is 6. The van der Waals surface area contributed by atoms with Gasteiger partial charge >= 0.3 is 0 Å². The lowest BCUT2D eigenvalue weighted by Crippen LogP contribution is -2.45. The van der Waals surface area contributed by atoms with Crippen LogP contribution in [-0.2, 0) is 6.54 Å². The Kier molecular flexibility index (Phi) is 9.48.